The Balaban J connectivity index is 0.00000261. The minimum absolute atomic E-state index is 0. The third-order valence-electron chi connectivity index (χ3n) is 3.34. The number of furan rings is 3. The summed E-state index contributed by atoms with van der Waals surface area (Å²) in [5.74, 6) is -5.81. The summed E-state index contributed by atoms with van der Waals surface area (Å²) in [4.78, 5) is 33.0. The molecule has 3 N–H and O–H groups in total. The number of carboxylic acids is 3. The molecule has 0 unspecified atom stereocenters. The van der Waals surface area contributed by atoms with Crippen LogP contribution in [0.15, 0.2) is 49.6 Å². The molecule has 0 spiro atoms. The minimum atomic E-state index is -4.12. The van der Waals surface area contributed by atoms with E-state index in [0.29, 0.717) is 0 Å². The number of rotatable bonds is 6. The SMILES string of the molecule is O=C(O)c1ccc(P(=O)(c2ccc(C(=O)O)o2)c2ccc(C(=O)O)o2)o1.[NaH]. The topological polar surface area (TPSA) is 168 Å². The summed E-state index contributed by atoms with van der Waals surface area (Å²) >= 11 is 0. The van der Waals surface area contributed by atoms with Gasteiger partial charge in [-0.1, -0.05) is 0 Å². The zero-order valence-corrected chi connectivity index (χ0v) is 13.5. The molecule has 27 heavy (non-hydrogen) atoms. The van der Waals surface area contributed by atoms with E-state index in [0.717, 1.165) is 36.4 Å². The maximum absolute atomic E-state index is 13.7. The Kier molecular flexibility index (Phi) is 5.86. The van der Waals surface area contributed by atoms with Crippen molar-refractivity contribution < 1.29 is 47.5 Å². The van der Waals surface area contributed by atoms with Crippen LogP contribution < -0.4 is 16.5 Å². The molecule has 3 aromatic rings. The van der Waals surface area contributed by atoms with Gasteiger partial charge >= 0.3 is 47.5 Å². The van der Waals surface area contributed by atoms with Crippen molar-refractivity contribution in [1.29, 1.82) is 0 Å². The van der Waals surface area contributed by atoms with Gasteiger partial charge in [-0.05, 0) is 36.4 Å². The van der Waals surface area contributed by atoms with Gasteiger partial charge in [0.05, 0.1) is 0 Å². The summed E-state index contributed by atoms with van der Waals surface area (Å²) < 4.78 is 28.9. The van der Waals surface area contributed by atoms with E-state index >= 15 is 0 Å². The Labute approximate surface area is 172 Å². The third kappa shape index (κ3) is 3.65. The predicted octanol–water partition coefficient (Wildman–Crippen LogP) is 0.551. The second kappa shape index (κ2) is 7.61. The molecule has 0 saturated carbocycles. The van der Waals surface area contributed by atoms with Crippen molar-refractivity contribution in [2.24, 2.45) is 0 Å². The third-order valence-corrected chi connectivity index (χ3v) is 5.92. The summed E-state index contributed by atoms with van der Waals surface area (Å²) in [6.45, 7) is 0. The maximum atomic E-state index is 13.7. The predicted molar refractivity (Wildman–Crippen MR) is 90.7 cm³/mol. The summed E-state index contributed by atoms with van der Waals surface area (Å²) in [6.07, 6.45) is 0. The van der Waals surface area contributed by atoms with Crippen molar-refractivity contribution in [1.82, 2.24) is 0 Å². The zero-order valence-electron chi connectivity index (χ0n) is 12.6. The number of carboxylic acid groups (broad SMARTS) is 3. The van der Waals surface area contributed by atoms with E-state index in [4.69, 9.17) is 28.6 Å². The van der Waals surface area contributed by atoms with Crippen molar-refractivity contribution in [2.75, 3.05) is 0 Å². The van der Waals surface area contributed by atoms with Crippen LogP contribution in [-0.4, -0.2) is 62.8 Å². The van der Waals surface area contributed by atoms with Gasteiger partial charge in [-0.15, -0.1) is 0 Å². The fourth-order valence-corrected chi connectivity index (χ4v) is 4.35. The van der Waals surface area contributed by atoms with Gasteiger partial charge in [0.15, 0.2) is 16.5 Å². The molecule has 0 amide bonds. The average molecular weight is 404 g/mol. The Morgan fingerprint density at radius 3 is 1.07 bits per heavy atom. The summed E-state index contributed by atoms with van der Waals surface area (Å²) in [7, 11) is -4.12. The Morgan fingerprint density at radius 2 is 0.889 bits per heavy atom. The molecule has 136 valence electrons. The van der Waals surface area contributed by atoms with E-state index in [9.17, 15) is 18.9 Å². The van der Waals surface area contributed by atoms with Crippen LogP contribution in [0.2, 0.25) is 0 Å². The van der Waals surface area contributed by atoms with E-state index in [1.165, 1.54) is 0 Å². The van der Waals surface area contributed by atoms with E-state index in [1.54, 1.807) is 0 Å². The molecular formula is C15H10NaO10P. The number of carbonyl (C=O) groups is 3. The fourth-order valence-electron chi connectivity index (χ4n) is 2.16. The van der Waals surface area contributed by atoms with Crippen LogP contribution in [0.25, 0.3) is 0 Å². The molecule has 3 heterocycles. The zero-order chi connectivity index (χ0) is 19.1. The molecule has 0 bridgehead atoms. The molecule has 0 aliphatic carbocycles. The molecule has 3 aromatic heterocycles. The number of hydrogen-bond donors (Lipinski definition) is 3. The first-order valence-corrected chi connectivity index (χ1v) is 8.55. The molecular weight excluding hydrogens is 394 g/mol. The number of hydrogen-bond acceptors (Lipinski definition) is 7. The second-order valence-corrected chi connectivity index (χ2v) is 7.48. The van der Waals surface area contributed by atoms with Gasteiger partial charge in [-0.2, -0.15) is 0 Å². The molecule has 0 aromatic carbocycles. The van der Waals surface area contributed by atoms with Crippen molar-refractivity contribution in [3.8, 4) is 0 Å². The van der Waals surface area contributed by atoms with Gasteiger partial charge in [0.1, 0.15) is 0 Å². The normalized spacial score (nSPS) is 11.0. The Morgan fingerprint density at radius 1 is 0.630 bits per heavy atom. The van der Waals surface area contributed by atoms with Crippen LogP contribution in [0.1, 0.15) is 31.7 Å². The quantitative estimate of drug-likeness (QED) is 0.390. The molecule has 3 rings (SSSR count). The summed E-state index contributed by atoms with van der Waals surface area (Å²) in [5.41, 5.74) is -1.10. The second-order valence-electron chi connectivity index (χ2n) is 4.94. The van der Waals surface area contributed by atoms with Crippen LogP contribution in [0.3, 0.4) is 0 Å². The molecule has 0 atom stereocenters. The molecule has 10 nitrogen and oxygen atoms in total. The van der Waals surface area contributed by atoms with Crippen molar-refractivity contribution in [3.05, 3.63) is 53.7 Å². The van der Waals surface area contributed by atoms with Crippen LogP contribution in [0.4, 0.5) is 0 Å². The molecule has 12 heteroatoms. The van der Waals surface area contributed by atoms with Gasteiger partial charge in [-0.3, -0.25) is 4.57 Å². The number of aromatic carboxylic acids is 3. The van der Waals surface area contributed by atoms with Crippen LogP contribution in [0.5, 0.6) is 0 Å². The first-order chi connectivity index (χ1) is 12.2. The van der Waals surface area contributed by atoms with Crippen molar-refractivity contribution >= 4 is 71.1 Å². The first kappa shape index (κ1) is 20.8. The molecule has 0 aliphatic rings. The van der Waals surface area contributed by atoms with Gasteiger partial charge in [0.25, 0.3) is 7.14 Å². The van der Waals surface area contributed by atoms with E-state index in [2.05, 4.69) is 0 Å². The van der Waals surface area contributed by atoms with Crippen molar-refractivity contribution in [3.63, 3.8) is 0 Å². The summed E-state index contributed by atoms with van der Waals surface area (Å²) in [5, 5.41) is 26.9. The molecule has 0 aliphatic heterocycles. The van der Waals surface area contributed by atoms with E-state index < -0.39 is 42.3 Å². The monoisotopic (exact) mass is 404 g/mol. The van der Waals surface area contributed by atoms with Gasteiger partial charge in [0.2, 0.25) is 17.3 Å². The van der Waals surface area contributed by atoms with E-state index in [-0.39, 0.29) is 46.1 Å². The molecule has 0 saturated heterocycles. The van der Waals surface area contributed by atoms with Gasteiger partial charge in [0, 0.05) is 0 Å². The van der Waals surface area contributed by atoms with Gasteiger partial charge in [-0.25, -0.2) is 14.4 Å². The van der Waals surface area contributed by atoms with Crippen LogP contribution in [0, 0.1) is 0 Å². The van der Waals surface area contributed by atoms with E-state index in [1.807, 2.05) is 0 Å². The summed E-state index contributed by atoms with van der Waals surface area (Å²) in [6, 6.07) is 6.47. The molecule has 0 radical (unpaired) electrons. The van der Waals surface area contributed by atoms with Crippen LogP contribution in [-0.2, 0) is 4.57 Å². The van der Waals surface area contributed by atoms with Gasteiger partial charge < -0.3 is 28.6 Å². The molecule has 0 fully saturated rings. The first-order valence-electron chi connectivity index (χ1n) is 6.84. The van der Waals surface area contributed by atoms with Crippen molar-refractivity contribution in [2.45, 2.75) is 0 Å². The Bertz CT molecular complexity index is 938. The Hall–Kier alpha value is -2.52. The average Bonchev–Trinajstić information content (AvgIpc) is 3.33. The fraction of sp³-hybridized carbons (Fsp3) is 0. The van der Waals surface area contributed by atoms with Crippen LogP contribution >= 0.6 is 7.14 Å². The standard InChI is InChI=1S/C15H9O10P.Na.H/c16-13(17)7-1-4-10(23-7)26(22,11-5-2-8(24-11)14(18)19)12-6-3-9(25-12)15(20)21;;/h1-6H,(H,16,17)(H,18,19)(H,20,21);;.